The topological polar surface area (TPSA) is 353 Å². The summed E-state index contributed by atoms with van der Waals surface area (Å²) >= 11 is 0. The van der Waals surface area contributed by atoms with Crippen LogP contribution in [0.2, 0.25) is 0 Å². The van der Waals surface area contributed by atoms with Crippen LogP contribution < -0.4 is 34.4 Å². The van der Waals surface area contributed by atoms with Gasteiger partial charge in [-0.2, -0.15) is 0 Å². The number of aliphatic hydroxyl groups excluding tert-OH is 7. The molecule has 0 aromatic carbocycles. The van der Waals surface area contributed by atoms with Crippen LogP contribution in [0, 0.1) is 0 Å². The van der Waals surface area contributed by atoms with Gasteiger partial charge in [-0.1, -0.05) is 0 Å². The number of hydrogen-bond acceptors (Lipinski definition) is 19. The standard InChI is InChI=1S/C23H46N6O13/c24-2-7-13(32)15(34)10(28)21(37-7)40-18-6(27)1-5(26)12(31)20(18)42-23-17(36)19(9(4-30)39-23)41-22-11(29)16(35)14(33)8(3-25)38-22/h5-23,30-36H,1-4,24-29H2/t5-,6?,7?,8+,9-,10?,11?,12?,13-,14-,15-,16?,17+,18-,19+,20-,21+,22-,23?/m1/s1. The largest absolute Gasteiger partial charge is 0.394 e. The van der Waals surface area contributed by atoms with Gasteiger partial charge in [0.25, 0.3) is 0 Å². The van der Waals surface area contributed by atoms with Crippen LogP contribution in [0.3, 0.4) is 0 Å². The number of ether oxygens (including phenoxy) is 6. The SMILES string of the molecule is NCC1O[C@@H](O[C@@H]2C(N)C[C@@H](N)C(O)[C@H]2OC2O[C@H](CO)[C@H](O[C@H]3O[C@@H](CN)[C@@H](O)C(O)C3N)[C@@H]2O)C(N)[C@@H](O)[C@@H]1O. The molecule has 19 nitrogen and oxygen atoms in total. The molecule has 3 aliphatic heterocycles. The zero-order valence-corrected chi connectivity index (χ0v) is 22.8. The fourth-order valence-electron chi connectivity index (χ4n) is 5.74. The minimum Gasteiger partial charge on any atom is -0.394 e. The average molecular weight is 615 g/mol. The first kappa shape index (κ1) is 34.1. The van der Waals surface area contributed by atoms with Crippen LogP contribution >= 0.6 is 0 Å². The van der Waals surface area contributed by atoms with Crippen molar-refractivity contribution in [2.75, 3.05) is 19.7 Å². The highest BCUT2D eigenvalue weighted by Crippen LogP contribution is 2.34. The maximum Gasteiger partial charge on any atom is 0.187 e. The van der Waals surface area contributed by atoms with Gasteiger partial charge in [0.15, 0.2) is 18.9 Å². The van der Waals surface area contributed by atoms with Crippen molar-refractivity contribution in [2.45, 2.75) is 123 Å². The van der Waals surface area contributed by atoms with E-state index in [4.69, 9.17) is 62.8 Å². The molecule has 3 heterocycles. The Balaban J connectivity index is 1.50. The molecule has 1 aliphatic carbocycles. The summed E-state index contributed by atoms with van der Waals surface area (Å²) in [5.74, 6) is 0. The van der Waals surface area contributed by atoms with E-state index in [1.165, 1.54) is 0 Å². The molecule has 0 bridgehead atoms. The van der Waals surface area contributed by atoms with Crippen LogP contribution in [-0.2, 0) is 28.4 Å². The first-order chi connectivity index (χ1) is 19.8. The van der Waals surface area contributed by atoms with Crippen molar-refractivity contribution >= 4 is 0 Å². The van der Waals surface area contributed by atoms with E-state index in [0.717, 1.165) is 0 Å². The van der Waals surface area contributed by atoms with E-state index in [2.05, 4.69) is 0 Å². The van der Waals surface area contributed by atoms with E-state index in [0.29, 0.717) is 0 Å². The predicted molar refractivity (Wildman–Crippen MR) is 138 cm³/mol. The Kier molecular flexibility index (Phi) is 11.5. The molecule has 0 aromatic heterocycles. The maximum absolute atomic E-state index is 11.1. The lowest BCUT2D eigenvalue weighted by Crippen LogP contribution is -2.68. The Morgan fingerprint density at radius 3 is 1.45 bits per heavy atom. The van der Waals surface area contributed by atoms with Crippen molar-refractivity contribution in [1.29, 1.82) is 0 Å². The summed E-state index contributed by atoms with van der Waals surface area (Å²) in [6.07, 6.45) is -19.8. The summed E-state index contributed by atoms with van der Waals surface area (Å²) in [6, 6.07) is -4.18. The normalized spacial score (nSPS) is 53.8. The molecule has 19 atom stereocenters. The lowest BCUT2D eigenvalue weighted by molar-refractivity contribution is -0.306. The molecule has 0 amide bonds. The molecule has 0 aromatic rings. The summed E-state index contributed by atoms with van der Waals surface area (Å²) < 4.78 is 34.6. The summed E-state index contributed by atoms with van der Waals surface area (Å²) in [7, 11) is 0. The Morgan fingerprint density at radius 1 is 0.524 bits per heavy atom. The van der Waals surface area contributed by atoms with Gasteiger partial charge < -0.3 is 98.6 Å². The molecule has 0 radical (unpaired) electrons. The summed E-state index contributed by atoms with van der Waals surface area (Å²) in [6.45, 7) is -0.967. The van der Waals surface area contributed by atoms with Crippen LogP contribution in [0.15, 0.2) is 0 Å². The van der Waals surface area contributed by atoms with Crippen LogP contribution in [0.1, 0.15) is 6.42 Å². The first-order valence-electron chi connectivity index (χ1n) is 13.9. The number of aliphatic hydroxyl groups is 7. The second kappa shape index (κ2) is 14.1. The molecule has 19 heteroatoms. The van der Waals surface area contributed by atoms with Gasteiger partial charge in [0.1, 0.15) is 67.1 Å². The highest BCUT2D eigenvalue weighted by molar-refractivity contribution is 5.02. The lowest BCUT2D eigenvalue weighted by Gasteiger charge is -2.47. The minimum absolute atomic E-state index is 0.0889. The van der Waals surface area contributed by atoms with Crippen molar-refractivity contribution in [1.82, 2.24) is 0 Å². The van der Waals surface area contributed by atoms with Gasteiger partial charge in [0.2, 0.25) is 0 Å². The molecule has 4 rings (SSSR count). The van der Waals surface area contributed by atoms with E-state index in [9.17, 15) is 35.7 Å². The Morgan fingerprint density at radius 2 is 0.976 bits per heavy atom. The highest BCUT2D eigenvalue weighted by atomic mass is 16.8. The second-order valence-corrected chi connectivity index (χ2v) is 11.2. The molecule has 7 unspecified atom stereocenters. The van der Waals surface area contributed by atoms with Crippen molar-refractivity contribution in [3.63, 3.8) is 0 Å². The van der Waals surface area contributed by atoms with E-state index in [1.807, 2.05) is 0 Å². The van der Waals surface area contributed by atoms with Gasteiger partial charge in [0.05, 0.1) is 24.8 Å². The molecule has 4 fully saturated rings. The van der Waals surface area contributed by atoms with E-state index >= 15 is 0 Å². The second-order valence-electron chi connectivity index (χ2n) is 11.2. The van der Waals surface area contributed by atoms with Gasteiger partial charge in [-0.15, -0.1) is 0 Å². The van der Waals surface area contributed by atoms with Crippen LogP contribution in [-0.4, -0.2) is 172 Å². The van der Waals surface area contributed by atoms with Crippen LogP contribution in [0.4, 0.5) is 0 Å². The third-order valence-electron chi connectivity index (χ3n) is 8.37. The molecular weight excluding hydrogens is 568 g/mol. The fraction of sp³-hybridized carbons (Fsp3) is 1.00. The van der Waals surface area contributed by atoms with Gasteiger partial charge in [-0.05, 0) is 6.42 Å². The average Bonchev–Trinajstić information content (AvgIpc) is 3.27. The van der Waals surface area contributed by atoms with Crippen molar-refractivity contribution < 1.29 is 64.2 Å². The van der Waals surface area contributed by atoms with E-state index in [1.54, 1.807) is 0 Å². The van der Waals surface area contributed by atoms with Crippen LogP contribution in [0.5, 0.6) is 0 Å². The Hall–Kier alpha value is -0.760. The van der Waals surface area contributed by atoms with Crippen molar-refractivity contribution in [2.24, 2.45) is 34.4 Å². The summed E-state index contributed by atoms with van der Waals surface area (Å²) in [4.78, 5) is 0. The van der Waals surface area contributed by atoms with E-state index < -0.39 is 123 Å². The summed E-state index contributed by atoms with van der Waals surface area (Å²) in [5, 5.41) is 73.0. The minimum atomic E-state index is -1.60. The van der Waals surface area contributed by atoms with Crippen molar-refractivity contribution in [3.05, 3.63) is 0 Å². The lowest BCUT2D eigenvalue weighted by atomic mass is 9.84. The molecule has 4 aliphatic rings. The molecule has 3 saturated heterocycles. The Bertz CT molecular complexity index is 868. The Labute approximate surface area is 241 Å². The predicted octanol–water partition coefficient (Wildman–Crippen LogP) is -8.90. The molecule has 246 valence electrons. The van der Waals surface area contributed by atoms with Gasteiger partial charge in [-0.25, -0.2) is 0 Å². The number of rotatable bonds is 9. The smallest absolute Gasteiger partial charge is 0.187 e. The van der Waals surface area contributed by atoms with Crippen molar-refractivity contribution in [3.8, 4) is 0 Å². The van der Waals surface area contributed by atoms with E-state index in [-0.39, 0.29) is 19.5 Å². The molecule has 19 N–H and O–H groups in total. The van der Waals surface area contributed by atoms with Gasteiger partial charge in [-0.3, -0.25) is 0 Å². The molecule has 0 spiro atoms. The monoisotopic (exact) mass is 614 g/mol. The number of nitrogens with two attached hydrogens (primary N) is 6. The van der Waals surface area contributed by atoms with Gasteiger partial charge in [0, 0.05) is 25.2 Å². The van der Waals surface area contributed by atoms with Gasteiger partial charge >= 0.3 is 0 Å². The third kappa shape index (κ3) is 6.60. The summed E-state index contributed by atoms with van der Waals surface area (Å²) in [5.41, 5.74) is 35.6. The maximum atomic E-state index is 11.1. The first-order valence-corrected chi connectivity index (χ1v) is 13.9. The molecule has 42 heavy (non-hydrogen) atoms. The third-order valence-corrected chi connectivity index (χ3v) is 8.37. The van der Waals surface area contributed by atoms with Crippen LogP contribution in [0.25, 0.3) is 0 Å². The zero-order chi connectivity index (χ0) is 31.0. The highest BCUT2D eigenvalue weighted by Gasteiger charge is 2.54. The zero-order valence-electron chi connectivity index (χ0n) is 22.8. The molecular formula is C23H46N6O13. The fourth-order valence-corrected chi connectivity index (χ4v) is 5.74. The quantitative estimate of drug-likeness (QED) is 0.115. The number of hydrogen-bond donors (Lipinski definition) is 13. The molecule has 1 saturated carbocycles.